The lowest BCUT2D eigenvalue weighted by molar-refractivity contribution is 0.659. The normalized spacial score (nSPS) is 16.1. The molecule has 0 atom stereocenters. The molecule has 4 aliphatic carbocycles. The molecule has 0 bridgehead atoms. The molecule has 0 saturated heterocycles. The van der Waals surface area contributed by atoms with Gasteiger partial charge in [0, 0.05) is 55.8 Å². The maximum Gasteiger partial charge on any atom is 0.0482 e. The molecule has 0 fully saturated rings. The molecule has 9 aromatic carbocycles. The minimum absolute atomic E-state index is 0.143. The van der Waals surface area contributed by atoms with Crippen molar-refractivity contribution in [2.75, 3.05) is 9.80 Å². The van der Waals surface area contributed by atoms with Crippen LogP contribution in [-0.2, 0) is 21.7 Å². The van der Waals surface area contributed by atoms with E-state index in [1.807, 2.05) is 0 Å². The summed E-state index contributed by atoms with van der Waals surface area (Å²) in [5, 5.41) is 0. The minimum atomic E-state index is -0.143. The van der Waals surface area contributed by atoms with Crippen LogP contribution in [0.15, 0.2) is 194 Å². The third-order valence-corrected chi connectivity index (χ3v) is 16.6. The predicted molar refractivity (Wildman–Crippen MR) is 286 cm³/mol. The average Bonchev–Trinajstić information content (AvgIpc) is 3.92. The van der Waals surface area contributed by atoms with Crippen molar-refractivity contribution >= 4 is 34.1 Å². The molecule has 0 spiro atoms. The van der Waals surface area contributed by atoms with E-state index < -0.39 is 0 Å². The van der Waals surface area contributed by atoms with Crippen molar-refractivity contribution in [2.24, 2.45) is 0 Å². The molecule has 0 aliphatic heterocycles. The Bertz CT molecular complexity index is 3150. The monoisotopic (exact) mass is 876 g/mol. The second-order valence-corrected chi connectivity index (χ2v) is 21.8. The maximum atomic E-state index is 2.51. The quantitative estimate of drug-likeness (QED) is 0.164. The van der Waals surface area contributed by atoms with Crippen molar-refractivity contribution in [3.05, 3.63) is 239 Å². The highest BCUT2D eigenvalue weighted by Crippen LogP contribution is 2.56. The largest absolute Gasteiger partial charge is 0.310 e. The molecule has 0 saturated carbocycles. The Morgan fingerprint density at radius 3 is 0.691 bits per heavy atom. The number of fused-ring (bicyclic) bond motifs is 12. The van der Waals surface area contributed by atoms with Crippen LogP contribution in [0.3, 0.4) is 0 Å². The number of hydrogen-bond acceptors (Lipinski definition) is 2. The number of nitrogens with zero attached hydrogens (tertiary/aromatic N) is 2. The molecule has 4 aliphatic rings. The fourth-order valence-corrected chi connectivity index (χ4v) is 13.0. The van der Waals surface area contributed by atoms with Gasteiger partial charge in [0.05, 0.1) is 0 Å². The second kappa shape index (κ2) is 14.1. The van der Waals surface area contributed by atoms with Crippen molar-refractivity contribution in [3.8, 4) is 44.5 Å². The van der Waals surface area contributed by atoms with Gasteiger partial charge in [-0.05, 0) is 156 Å². The summed E-state index contributed by atoms with van der Waals surface area (Å²) < 4.78 is 0. The van der Waals surface area contributed by atoms with Gasteiger partial charge in [-0.2, -0.15) is 0 Å². The van der Waals surface area contributed by atoms with E-state index in [2.05, 4.69) is 259 Å². The number of hydrogen-bond donors (Lipinski definition) is 0. The Morgan fingerprint density at radius 2 is 0.426 bits per heavy atom. The molecule has 2 nitrogen and oxygen atoms in total. The molecular formula is C66H56N2. The zero-order chi connectivity index (χ0) is 46.5. The highest BCUT2D eigenvalue weighted by molar-refractivity contribution is 5.92. The second-order valence-electron chi connectivity index (χ2n) is 21.8. The molecule has 0 radical (unpaired) electrons. The van der Waals surface area contributed by atoms with Gasteiger partial charge in [-0.25, -0.2) is 0 Å². The predicted octanol–water partition coefficient (Wildman–Crippen LogP) is 17.9. The van der Waals surface area contributed by atoms with E-state index in [1.54, 1.807) is 0 Å². The van der Waals surface area contributed by atoms with Gasteiger partial charge in [0.1, 0.15) is 0 Å². The van der Waals surface area contributed by atoms with E-state index in [0.29, 0.717) is 0 Å². The molecule has 330 valence electrons. The van der Waals surface area contributed by atoms with Crippen molar-refractivity contribution in [1.82, 2.24) is 0 Å². The lowest BCUT2D eigenvalue weighted by atomic mass is 9.82. The van der Waals surface area contributed by atoms with E-state index in [0.717, 1.165) is 34.1 Å². The molecule has 0 amide bonds. The topological polar surface area (TPSA) is 6.48 Å². The SMILES string of the molecule is CC1(C)c2ccccc2-c2ccc(N(c3cccc(N(c4ccc5c(c4)C(C)(C)c4ccccc4-5)c4ccc5c(c4)C(C)(C)c4ccccc4-5)c3)c3ccc4c(c3)C(C)(C)c3ccccc3-4)cc21. The Labute approximate surface area is 402 Å². The highest BCUT2D eigenvalue weighted by atomic mass is 15.2. The van der Waals surface area contributed by atoms with Gasteiger partial charge >= 0.3 is 0 Å². The third kappa shape index (κ3) is 5.58. The maximum absolute atomic E-state index is 2.51. The fraction of sp³-hybridized carbons (Fsp3) is 0.182. The van der Waals surface area contributed by atoms with E-state index in [-0.39, 0.29) is 21.7 Å². The Morgan fingerprint density at radius 1 is 0.206 bits per heavy atom. The summed E-state index contributed by atoms with van der Waals surface area (Å²) in [6, 6.07) is 73.8. The lowest BCUT2D eigenvalue weighted by Crippen LogP contribution is -2.19. The Hall–Kier alpha value is -7.42. The summed E-state index contributed by atoms with van der Waals surface area (Å²) in [5.41, 5.74) is 27.8. The number of rotatable bonds is 6. The molecule has 0 aromatic heterocycles. The highest BCUT2D eigenvalue weighted by Gasteiger charge is 2.40. The van der Waals surface area contributed by atoms with Gasteiger partial charge in [-0.15, -0.1) is 0 Å². The van der Waals surface area contributed by atoms with Crippen LogP contribution in [0, 0.1) is 0 Å². The van der Waals surface area contributed by atoms with Crippen LogP contribution in [0.5, 0.6) is 0 Å². The van der Waals surface area contributed by atoms with Crippen molar-refractivity contribution < 1.29 is 0 Å². The van der Waals surface area contributed by atoms with E-state index in [9.17, 15) is 0 Å². The van der Waals surface area contributed by atoms with Gasteiger partial charge in [0.2, 0.25) is 0 Å². The first-order chi connectivity index (χ1) is 32.7. The summed E-state index contributed by atoms with van der Waals surface area (Å²) in [5.74, 6) is 0. The Balaban J connectivity index is 1.01. The van der Waals surface area contributed by atoms with Crippen LogP contribution in [-0.4, -0.2) is 0 Å². The van der Waals surface area contributed by atoms with Gasteiger partial charge < -0.3 is 9.80 Å². The van der Waals surface area contributed by atoms with Crippen LogP contribution in [0.1, 0.15) is 99.9 Å². The van der Waals surface area contributed by atoms with Crippen molar-refractivity contribution in [2.45, 2.75) is 77.0 Å². The van der Waals surface area contributed by atoms with E-state index >= 15 is 0 Å². The molecule has 0 N–H and O–H groups in total. The molecule has 0 heterocycles. The van der Waals surface area contributed by atoms with Gasteiger partial charge in [-0.1, -0.05) is 183 Å². The molecular weight excluding hydrogens is 821 g/mol. The zero-order valence-electron chi connectivity index (χ0n) is 40.4. The molecule has 2 heteroatoms. The van der Waals surface area contributed by atoms with E-state index in [1.165, 1.54) is 89.0 Å². The fourth-order valence-electron chi connectivity index (χ4n) is 13.0. The summed E-state index contributed by atoms with van der Waals surface area (Å²) in [6.07, 6.45) is 0. The summed E-state index contributed by atoms with van der Waals surface area (Å²) in [6.45, 7) is 19.0. The van der Waals surface area contributed by atoms with Gasteiger partial charge in [0.15, 0.2) is 0 Å². The first-order valence-corrected chi connectivity index (χ1v) is 24.4. The zero-order valence-corrected chi connectivity index (χ0v) is 40.4. The Kier molecular flexibility index (Phi) is 8.44. The van der Waals surface area contributed by atoms with Crippen molar-refractivity contribution in [1.29, 1.82) is 0 Å². The van der Waals surface area contributed by atoms with Crippen LogP contribution in [0.4, 0.5) is 34.1 Å². The van der Waals surface area contributed by atoms with Crippen LogP contribution in [0.25, 0.3) is 44.5 Å². The first-order valence-electron chi connectivity index (χ1n) is 24.4. The molecule has 0 unspecified atom stereocenters. The van der Waals surface area contributed by atoms with Crippen molar-refractivity contribution in [3.63, 3.8) is 0 Å². The molecule has 68 heavy (non-hydrogen) atoms. The smallest absolute Gasteiger partial charge is 0.0482 e. The standard InChI is InChI=1S/C66H56N2/c1-63(2)55-24-13-9-20-47(55)51-32-28-43(37-59(51)63)67(44-29-33-52-48-21-10-14-25-56(48)64(3,4)60(52)38-44)41-18-17-19-42(36-41)68(45-30-34-53-49-22-11-15-26-57(49)65(5,6)61(53)39-45)46-31-35-54-50-23-12-16-27-58(50)66(7,8)62(54)40-46/h9-40H,1-8H3. The third-order valence-electron chi connectivity index (χ3n) is 16.6. The first kappa shape index (κ1) is 40.8. The van der Waals surface area contributed by atoms with Crippen LogP contribution < -0.4 is 9.80 Å². The van der Waals surface area contributed by atoms with Crippen LogP contribution in [0.2, 0.25) is 0 Å². The summed E-state index contributed by atoms with van der Waals surface area (Å²) >= 11 is 0. The van der Waals surface area contributed by atoms with Crippen LogP contribution >= 0.6 is 0 Å². The number of benzene rings is 9. The van der Waals surface area contributed by atoms with Gasteiger partial charge in [-0.3, -0.25) is 0 Å². The molecule has 9 aromatic rings. The average molecular weight is 877 g/mol. The molecule has 13 rings (SSSR count). The minimum Gasteiger partial charge on any atom is -0.310 e. The van der Waals surface area contributed by atoms with Gasteiger partial charge in [0.25, 0.3) is 0 Å². The van der Waals surface area contributed by atoms with E-state index in [4.69, 9.17) is 0 Å². The summed E-state index contributed by atoms with van der Waals surface area (Å²) in [7, 11) is 0. The lowest BCUT2D eigenvalue weighted by Gasteiger charge is -2.32. The number of anilines is 6. The summed E-state index contributed by atoms with van der Waals surface area (Å²) in [4.78, 5) is 5.01.